The third-order valence-corrected chi connectivity index (χ3v) is 4.03. The van der Waals surface area contributed by atoms with Gasteiger partial charge in [-0.1, -0.05) is 6.07 Å². The average Bonchev–Trinajstić information content (AvgIpc) is 2.39. The summed E-state index contributed by atoms with van der Waals surface area (Å²) in [6.07, 6.45) is 0.470. The van der Waals surface area contributed by atoms with Crippen molar-refractivity contribution in [1.29, 1.82) is 0 Å². The molecule has 0 saturated carbocycles. The van der Waals surface area contributed by atoms with Crippen LogP contribution in [0.25, 0.3) is 0 Å². The normalized spacial score (nSPS) is 17.5. The number of thioether (sulfide) groups is 1. The van der Waals surface area contributed by atoms with Crippen molar-refractivity contribution in [2.24, 2.45) is 0 Å². The molecule has 116 valence electrons. The number of amides is 2. The Bertz CT molecular complexity index is 493. The second-order valence-corrected chi connectivity index (χ2v) is 5.89. The molecule has 3 N–H and O–H groups in total. The van der Waals surface area contributed by atoms with E-state index in [1.54, 1.807) is 18.2 Å². The van der Waals surface area contributed by atoms with Gasteiger partial charge in [0.15, 0.2) is 0 Å². The zero-order valence-corrected chi connectivity index (χ0v) is 13.5. The van der Waals surface area contributed by atoms with Crippen LogP contribution >= 0.6 is 24.2 Å². The van der Waals surface area contributed by atoms with E-state index >= 15 is 0 Å². The van der Waals surface area contributed by atoms with Crippen LogP contribution < -0.4 is 16.0 Å². The van der Waals surface area contributed by atoms with Gasteiger partial charge in [0.1, 0.15) is 0 Å². The van der Waals surface area contributed by atoms with Crippen LogP contribution in [0.5, 0.6) is 0 Å². The fourth-order valence-electron chi connectivity index (χ4n) is 2.06. The predicted molar refractivity (Wildman–Crippen MR) is 90.4 cm³/mol. The molecule has 2 rings (SSSR count). The molecule has 1 aliphatic heterocycles. The van der Waals surface area contributed by atoms with E-state index in [9.17, 15) is 9.59 Å². The van der Waals surface area contributed by atoms with Crippen molar-refractivity contribution in [3.8, 4) is 0 Å². The predicted octanol–water partition coefficient (Wildman–Crippen LogP) is 2.10. The number of carbonyl (C=O) groups excluding carboxylic acids is 2. The van der Waals surface area contributed by atoms with Crippen molar-refractivity contribution >= 4 is 47.4 Å². The first-order valence-electron chi connectivity index (χ1n) is 6.62. The highest BCUT2D eigenvalue weighted by Crippen LogP contribution is 2.16. The van der Waals surface area contributed by atoms with Gasteiger partial charge in [0, 0.05) is 48.8 Å². The lowest BCUT2D eigenvalue weighted by Crippen LogP contribution is -2.39. The summed E-state index contributed by atoms with van der Waals surface area (Å²) >= 11 is 1.87. The number of hydrogen-bond acceptors (Lipinski definition) is 4. The summed E-state index contributed by atoms with van der Waals surface area (Å²) in [6, 6.07) is 7.40. The highest BCUT2D eigenvalue weighted by molar-refractivity contribution is 7.99. The van der Waals surface area contributed by atoms with Crippen LogP contribution in [0, 0.1) is 0 Å². The van der Waals surface area contributed by atoms with Gasteiger partial charge in [-0.3, -0.25) is 9.59 Å². The number of hydrogen-bond donors (Lipinski definition) is 3. The molecule has 1 heterocycles. The molecule has 5 nitrogen and oxygen atoms in total. The van der Waals surface area contributed by atoms with Crippen molar-refractivity contribution in [1.82, 2.24) is 5.32 Å². The fourth-order valence-corrected chi connectivity index (χ4v) is 3.01. The van der Waals surface area contributed by atoms with Gasteiger partial charge >= 0.3 is 0 Å². The molecule has 7 heteroatoms. The van der Waals surface area contributed by atoms with E-state index in [0.717, 1.165) is 18.1 Å². The van der Waals surface area contributed by atoms with E-state index in [2.05, 4.69) is 16.0 Å². The standard InChI is InChI=1S/C14H19N3O2S.ClH/c1-10(18)16-11-3-2-4-12(7-11)17-14(19)8-13-9-20-6-5-15-13;/h2-4,7,13,15H,5-6,8-9H2,1H3,(H,16,18)(H,17,19);1H. The Hall–Kier alpha value is -1.24. The molecule has 2 amide bonds. The Morgan fingerprint density at radius 3 is 2.67 bits per heavy atom. The van der Waals surface area contributed by atoms with E-state index in [4.69, 9.17) is 0 Å². The van der Waals surface area contributed by atoms with Gasteiger partial charge in [-0.2, -0.15) is 11.8 Å². The van der Waals surface area contributed by atoms with Crippen LogP contribution in [-0.2, 0) is 9.59 Å². The summed E-state index contributed by atoms with van der Waals surface area (Å²) in [4.78, 5) is 23.0. The lowest BCUT2D eigenvalue weighted by Gasteiger charge is -2.22. The van der Waals surface area contributed by atoms with Crippen LogP contribution in [0.1, 0.15) is 13.3 Å². The molecule has 1 aromatic carbocycles. The Balaban J connectivity index is 0.00000220. The van der Waals surface area contributed by atoms with Crippen molar-refractivity contribution in [2.75, 3.05) is 28.7 Å². The quantitative estimate of drug-likeness (QED) is 0.791. The van der Waals surface area contributed by atoms with Crippen molar-refractivity contribution in [2.45, 2.75) is 19.4 Å². The third kappa shape index (κ3) is 6.37. The summed E-state index contributed by atoms with van der Waals surface area (Å²) in [5.74, 6) is 1.94. The molecule has 1 saturated heterocycles. The molecular formula is C14H20ClN3O2S. The molecule has 1 unspecified atom stereocenters. The highest BCUT2D eigenvalue weighted by Gasteiger charge is 2.16. The maximum atomic E-state index is 12.0. The minimum Gasteiger partial charge on any atom is -0.326 e. The molecule has 0 aromatic heterocycles. The van der Waals surface area contributed by atoms with E-state index in [1.165, 1.54) is 6.92 Å². The Morgan fingerprint density at radius 1 is 1.33 bits per heavy atom. The fraction of sp³-hybridized carbons (Fsp3) is 0.429. The summed E-state index contributed by atoms with van der Waals surface area (Å²) in [5.41, 5.74) is 1.38. The number of nitrogens with one attached hydrogen (secondary N) is 3. The smallest absolute Gasteiger partial charge is 0.225 e. The molecule has 1 aliphatic rings. The van der Waals surface area contributed by atoms with Crippen molar-refractivity contribution in [3.63, 3.8) is 0 Å². The summed E-state index contributed by atoms with van der Waals surface area (Å²) in [6.45, 7) is 2.41. The zero-order valence-electron chi connectivity index (χ0n) is 11.8. The summed E-state index contributed by atoms with van der Waals surface area (Å²) in [5, 5.41) is 8.89. The second kappa shape index (κ2) is 8.92. The van der Waals surface area contributed by atoms with Gasteiger partial charge in [0.25, 0.3) is 0 Å². The van der Waals surface area contributed by atoms with Gasteiger partial charge in [0.05, 0.1) is 0 Å². The van der Waals surface area contributed by atoms with E-state index < -0.39 is 0 Å². The van der Waals surface area contributed by atoms with Crippen LogP contribution in [0.4, 0.5) is 11.4 Å². The third-order valence-electron chi connectivity index (χ3n) is 2.90. The van der Waals surface area contributed by atoms with E-state index in [-0.39, 0.29) is 30.3 Å². The molecule has 1 fully saturated rings. The van der Waals surface area contributed by atoms with Gasteiger partial charge in [-0.15, -0.1) is 12.4 Å². The molecule has 21 heavy (non-hydrogen) atoms. The number of rotatable bonds is 4. The topological polar surface area (TPSA) is 70.2 Å². The van der Waals surface area contributed by atoms with Crippen LogP contribution in [0.2, 0.25) is 0 Å². The number of benzene rings is 1. The molecule has 1 aromatic rings. The summed E-state index contributed by atoms with van der Waals surface area (Å²) < 4.78 is 0. The first-order chi connectivity index (χ1) is 9.63. The number of halogens is 1. The Labute approximate surface area is 135 Å². The summed E-state index contributed by atoms with van der Waals surface area (Å²) in [7, 11) is 0. The minimum atomic E-state index is -0.128. The monoisotopic (exact) mass is 329 g/mol. The maximum Gasteiger partial charge on any atom is 0.225 e. The van der Waals surface area contributed by atoms with Gasteiger partial charge < -0.3 is 16.0 Å². The van der Waals surface area contributed by atoms with Crippen LogP contribution in [0.3, 0.4) is 0 Å². The highest BCUT2D eigenvalue weighted by atomic mass is 35.5. The van der Waals surface area contributed by atoms with Gasteiger partial charge in [0.2, 0.25) is 11.8 Å². The maximum absolute atomic E-state index is 12.0. The molecule has 0 aliphatic carbocycles. The first-order valence-corrected chi connectivity index (χ1v) is 7.77. The largest absolute Gasteiger partial charge is 0.326 e. The lowest BCUT2D eigenvalue weighted by atomic mass is 10.2. The molecule has 1 atom stereocenters. The SMILES string of the molecule is CC(=O)Nc1cccc(NC(=O)CC2CSCCN2)c1.Cl. The Kier molecular flexibility index (Phi) is 7.56. The zero-order chi connectivity index (χ0) is 14.4. The minimum absolute atomic E-state index is 0. The van der Waals surface area contributed by atoms with E-state index in [0.29, 0.717) is 17.8 Å². The van der Waals surface area contributed by atoms with Crippen LogP contribution in [0.15, 0.2) is 24.3 Å². The molecule has 0 radical (unpaired) electrons. The van der Waals surface area contributed by atoms with Gasteiger partial charge in [-0.05, 0) is 18.2 Å². The molecule has 0 bridgehead atoms. The second-order valence-electron chi connectivity index (χ2n) is 4.74. The number of anilines is 2. The van der Waals surface area contributed by atoms with Crippen molar-refractivity contribution < 1.29 is 9.59 Å². The van der Waals surface area contributed by atoms with Crippen LogP contribution in [-0.4, -0.2) is 35.9 Å². The first kappa shape index (κ1) is 17.8. The van der Waals surface area contributed by atoms with E-state index in [1.807, 2.05) is 17.8 Å². The van der Waals surface area contributed by atoms with Gasteiger partial charge in [-0.25, -0.2) is 0 Å². The molecule has 0 spiro atoms. The Morgan fingerprint density at radius 2 is 2.05 bits per heavy atom. The number of carbonyl (C=O) groups is 2. The lowest BCUT2D eigenvalue weighted by molar-refractivity contribution is -0.116. The van der Waals surface area contributed by atoms with Crippen molar-refractivity contribution in [3.05, 3.63) is 24.3 Å². The average molecular weight is 330 g/mol. The molecular weight excluding hydrogens is 310 g/mol.